The van der Waals surface area contributed by atoms with Crippen molar-refractivity contribution in [3.05, 3.63) is 75.9 Å². The minimum absolute atomic E-state index is 0.0475. The van der Waals surface area contributed by atoms with Crippen LogP contribution in [0.25, 0.3) is 5.69 Å². The fourth-order valence-electron chi connectivity index (χ4n) is 4.05. The van der Waals surface area contributed by atoms with Crippen molar-refractivity contribution in [1.82, 2.24) is 9.88 Å². The molecule has 3 rings (SSSR count). The highest BCUT2D eigenvalue weighted by molar-refractivity contribution is 6.31. The molecule has 2 aromatic rings. The van der Waals surface area contributed by atoms with Gasteiger partial charge in [0.25, 0.3) is 0 Å². The Balaban J connectivity index is 2.09. The second kappa shape index (κ2) is 10.3. The van der Waals surface area contributed by atoms with Gasteiger partial charge in [-0.1, -0.05) is 25.4 Å². The minimum atomic E-state index is -1.14. The maximum Gasteiger partial charge on any atom is 0.336 e. The number of carboxylic acids is 1. The molecule has 1 aliphatic rings. The number of methoxy groups -OCH3 is 1. The van der Waals surface area contributed by atoms with Gasteiger partial charge in [-0.05, 0) is 55.7 Å². The highest BCUT2D eigenvalue weighted by Gasteiger charge is 2.38. The zero-order valence-electron chi connectivity index (χ0n) is 19.4. The van der Waals surface area contributed by atoms with Crippen molar-refractivity contribution < 1.29 is 24.2 Å². The average Bonchev–Trinajstić information content (AvgIpc) is 3.28. The summed E-state index contributed by atoms with van der Waals surface area (Å²) >= 11 is 6.58. The van der Waals surface area contributed by atoms with Crippen molar-refractivity contribution in [2.24, 2.45) is 5.92 Å². The molecule has 0 radical (unpaired) electrons. The fraction of sp³-hybridized carbons (Fsp3) is 0.360. The van der Waals surface area contributed by atoms with Gasteiger partial charge >= 0.3 is 11.9 Å². The topological polar surface area (TPSA) is 89.8 Å². The number of benzene rings is 1. The normalized spacial score (nSPS) is 17.2. The van der Waals surface area contributed by atoms with Gasteiger partial charge in [0, 0.05) is 41.6 Å². The summed E-state index contributed by atoms with van der Waals surface area (Å²) in [6, 6.07) is 9.13. The third-order valence-electron chi connectivity index (χ3n) is 5.83. The number of hydrogen-bond acceptors (Lipinski definition) is 5. The quantitative estimate of drug-likeness (QED) is 0.543. The first-order chi connectivity index (χ1) is 15.6. The molecule has 0 amide bonds. The maximum absolute atomic E-state index is 13.3. The molecule has 0 aliphatic carbocycles. The van der Waals surface area contributed by atoms with Crippen LogP contribution < -0.4 is 5.32 Å². The second-order valence-electron chi connectivity index (χ2n) is 8.35. The number of esters is 1. The number of dihydropyridines is 1. The lowest BCUT2D eigenvalue weighted by molar-refractivity contribution is -0.144. The number of nitrogens with zero attached hydrogens (tertiary/aromatic N) is 1. The highest BCUT2D eigenvalue weighted by Crippen LogP contribution is 2.42. The van der Waals surface area contributed by atoms with E-state index in [0.29, 0.717) is 22.0 Å². The van der Waals surface area contributed by atoms with Gasteiger partial charge in [-0.25, -0.2) is 9.59 Å². The van der Waals surface area contributed by atoms with E-state index in [2.05, 4.69) is 5.32 Å². The molecule has 1 aliphatic heterocycles. The Kier molecular flexibility index (Phi) is 7.66. The van der Waals surface area contributed by atoms with E-state index in [1.54, 1.807) is 33.1 Å². The summed E-state index contributed by atoms with van der Waals surface area (Å²) in [5.74, 6) is -2.51. The Labute approximate surface area is 198 Å². The molecule has 33 heavy (non-hydrogen) atoms. The molecular formula is C25H29ClN2O5. The highest BCUT2D eigenvalue weighted by atomic mass is 35.5. The number of rotatable bonds is 8. The molecule has 7 nitrogen and oxygen atoms in total. The Morgan fingerprint density at radius 1 is 1.15 bits per heavy atom. The fourth-order valence-corrected chi connectivity index (χ4v) is 4.27. The molecule has 2 N–H and O–H groups in total. The maximum atomic E-state index is 13.3. The molecule has 1 aromatic heterocycles. The zero-order valence-corrected chi connectivity index (χ0v) is 20.1. The van der Waals surface area contributed by atoms with Crippen molar-refractivity contribution in [1.29, 1.82) is 0 Å². The lowest BCUT2D eigenvalue weighted by atomic mass is 9.80. The van der Waals surface area contributed by atoms with Gasteiger partial charge in [0.2, 0.25) is 0 Å². The summed E-state index contributed by atoms with van der Waals surface area (Å²) in [7, 11) is 1.56. The average molecular weight is 473 g/mol. The third kappa shape index (κ3) is 5.15. The van der Waals surface area contributed by atoms with Gasteiger partial charge in [-0.2, -0.15) is 0 Å². The molecule has 0 spiro atoms. The number of carbonyl (C=O) groups excluding carboxylic acids is 1. The van der Waals surface area contributed by atoms with Gasteiger partial charge in [0.05, 0.1) is 23.2 Å². The van der Waals surface area contributed by atoms with Crippen LogP contribution in [0.1, 0.15) is 39.2 Å². The van der Waals surface area contributed by atoms with Crippen molar-refractivity contribution in [2.45, 2.75) is 39.7 Å². The number of ether oxygens (including phenoxy) is 2. The van der Waals surface area contributed by atoms with Crippen LogP contribution in [-0.4, -0.2) is 41.4 Å². The van der Waals surface area contributed by atoms with Crippen LogP contribution in [0.15, 0.2) is 65.3 Å². The largest absolute Gasteiger partial charge is 0.478 e. The van der Waals surface area contributed by atoms with E-state index in [9.17, 15) is 14.7 Å². The van der Waals surface area contributed by atoms with Crippen LogP contribution in [0.4, 0.5) is 0 Å². The number of hydrogen-bond donors (Lipinski definition) is 2. The molecule has 2 heterocycles. The number of carboxylic acid groups (broad SMARTS) is 1. The van der Waals surface area contributed by atoms with Crippen LogP contribution in [0.3, 0.4) is 0 Å². The van der Waals surface area contributed by atoms with Gasteiger partial charge in [0.15, 0.2) is 0 Å². The zero-order chi connectivity index (χ0) is 24.3. The van der Waals surface area contributed by atoms with E-state index in [0.717, 1.165) is 5.69 Å². The van der Waals surface area contributed by atoms with Gasteiger partial charge < -0.3 is 24.5 Å². The van der Waals surface area contributed by atoms with E-state index < -0.39 is 17.9 Å². The van der Waals surface area contributed by atoms with Crippen molar-refractivity contribution in [3.8, 4) is 5.69 Å². The van der Waals surface area contributed by atoms with Crippen molar-refractivity contribution >= 4 is 23.5 Å². The molecule has 176 valence electrons. The smallest absolute Gasteiger partial charge is 0.336 e. The van der Waals surface area contributed by atoms with Crippen LogP contribution in [0.5, 0.6) is 0 Å². The van der Waals surface area contributed by atoms with E-state index >= 15 is 0 Å². The summed E-state index contributed by atoms with van der Waals surface area (Å²) in [6.07, 6.45) is 3.48. The predicted molar refractivity (Wildman–Crippen MR) is 126 cm³/mol. The number of carbonyl (C=O) groups is 2. The van der Waals surface area contributed by atoms with Crippen LogP contribution in [0.2, 0.25) is 5.02 Å². The standard InChI is InChI=1S/C25H29ClN2O5/c1-14(2)20(32-5)13-33-25(31)22-16(4)27-15(3)21(24(29)30)23(22)18-12-17(8-9-19(18)26)28-10-6-7-11-28/h6-12,14,20,23,27H,13H2,1-5H3,(H,29,30). The Bertz CT molecular complexity index is 1100. The summed E-state index contributed by atoms with van der Waals surface area (Å²) in [6.45, 7) is 7.40. The summed E-state index contributed by atoms with van der Waals surface area (Å²) in [5.41, 5.74) is 2.54. The van der Waals surface area contributed by atoms with Crippen LogP contribution >= 0.6 is 11.6 Å². The summed E-state index contributed by atoms with van der Waals surface area (Å²) < 4.78 is 12.9. The molecule has 0 saturated carbocycles. The molecule has 2 atom stereocenters. The number of nitrogens with one attached hydrogen (secondary N) is 1. The van der Waals surface area contributed by atoms with E-state index in [1.807, 2.05) is 49.0 Å². The number of halogens is 1. The van der Waals surface area contributed by atoms with E-state index in [4.69, 9.17) is 21.1 Å². The minimum Gasteiger partial charge on any atom is -0.478 e. The first-order valence-electron chi connectivity index (χ1n) is 10.7. The molecule has 8 heteroatoms. The lowest BCUT2D eigenvalue weighted by Gasteiger charge is -2.31. The van der Waals surface area contributed by atoms with Crippen molar-refractivity contribution in [3.63, 3.8) is 0 Å². The Morgan fingerprint density at radius 2 is 1.79 bits per heavy atom. The SMILES string of the molecule is COC(COC(=O)C1=C(C)NC(C)=C(C(=O)O)C1c1cc(-n2cccc2)ccc1Cl)C(C)C. The number of aromatic nitrogens is 1. The van der Waals surface area contributed by atoms with Gasteiger partial charge in [-0.3, -0.25) is 0 Å². The van der Waals surface area contributed by atoms with Crippen LogP contribution in [0, 0.1) is 5.92 Å². The summed E-state index contributed by atoms with van der Waals surface area (Å²) in [4.78, 5) is 25.6. The number of allylic oxidation sites excluding steroid dienone is 2. The molecular weight excluding hydrogens is 444 g/mol. The Morgan fingerprint density at radius 3 is 2.36 bits per heavy atom. The molecule has 1 aromatic carbocycles. The second-order valence-corrected chi connectivity index (χ2v) is 8.76. The van der Waals surface area contributed by atoms with Crippen LogP contribution in [-0.2, 0) is 19.1 Å². The first kappa shape index (κ1) is 24.6. The van der Waals surface area contributed by atoms with Gasteiger partial charge in [0.1, 0.15) is 6.61 Å². The molecule has 2 unspecified atom stereocenters. The summed E-state index contributed by atoms with van der Waals surface area (Å²) in [5, 5.41) is 13.4. The van der Waals surface area contributed by atoms with E-state index in [1.165, 1.54) is 0 Å². The molecule has 0 bridgehead atoms. The van der Waals surface area contributed by atoms with E-state index in [-0.39, 0.29) is 29.8 Å². The predicted octanol–water partition coefficient (Wildman–Crippen LogP) is 4.66. The van der Waals surface area contributed by atoms with Gasteiger partial charge in [-0.15, -0.1) is 0 Å². The Hall–Kier alpha value is -3.03. The monoisotopic (exact) mass is 472 g/mol. The number of aliphatic carboxylic acids is 1. The first-order valence-corrected chi connectivity index (χ1v) is 11.1. The molecule has 0 fully saturated rings. The third-order valence-corrected chi connectivity index (χ3v) is 6.17. The van der Waals surface area contributed by atoms with Crippen molar-refractivity contribution in [2.75, 3.05) is 13.7 Å². The molecule has 0 saturated heterocycles. The lowest BCUT2D eigenvalue weighted by Crippen LogP contribution is -2.33.